The number of rotatable bonds is 14. The number of hydrogen-bond acceptors (Lipinski definition) is 6. The Hall–Kier alpha value is -3.35. The van der Waals surface area contributed by atoms with Gasteiger partial charge in [0.15, 0.2) is 0 Å². The Morgan fingerprint density at radius 3 is 2.09 bits per heavy atom. The second-order valence-electron chi connectivity index (χ2n) is 9.08. The van der Waals surface area contributed by atoms with Crippen LogP contribution in [0.3, 0.4) is 0 Å². The summed E-state index contributed by atoms with van der Waals surface area (Å²) in [6, 6.07) is 14.3. The van der Waals surface area contributed by atoms with E-state index in [0.29, 0.717) is 12.8 Å². The maximum Gasteiger partial charge on any atom is 0.302 e. The highest BCUT2D eigenvalue weighted by Crippen LogP contribution is 2.31. The average Bonchev–Trinajstić information content (AvgIpc) is 2.80. The summed E-state index contributed by atoms with van der Waals surface area (Å²) in [6.45, 7) is 7.41. The fourth-order valence-electron chi connectivity index (χ4n) is 3.90. The van der Waals surface area contributed by atoms with Crippen LogP contribution in [0.2, 0.25) is 0 Å². The number of aryl methyl sites for hydroxylation is 2. The summed E-state index contributed by atoms with van der Waals surface area (Å²) in [4.78, 5) is 34.6. The van der Waals surface area contributed by atoms with Gasteiger partial charge in [-0.25, -0.2) is 0 Å². The molecule has 0 atom stereocenters. The van der Waals surface area contributed by atoms with Gasteiger partial charge >= 0.3 is 11.9 Å². The van der Waals surface area contributed by atoms with Crippen molar-refractivity contribution in [1.29, 1.82) is 0 Å². The van der Waals surface area contributed by atoms with Crippen LogP contribution in [0.25, 0.3) is 11.1 Å². The van der Waals surface area contributed by atoms with Gasteiger partial charge in [0.2, 0.25) is 5.91 Å². The first-order valence-electron chi connectivity index (χ1n) is 12.0. The number of carbonyl (C=O) groups excluding carboxylic acids is 3. The summed E-state index contributed by atoms with van der Waals surface area (Å²) in [5.41, 5.74) is 9.00. The predicted octanol–water partition coefficient (Wildman–Crippen LogP) is 4.76. The SMILES string of the molecule is CCCCOc1ccc(-c2ccc(CCC(COC(C)=O)(COC(C)=O)CC(N)=O)cc2)c(C)c1. The van der Waals surface area contributed by atoms with E-state index >= 15 is 0 Å². The molecule has 0 bridgehead atoms. The summed E-state index contributed by atoms with van der Waals surface area (Å²) in [5, 5.41) is 0. The van der Waals surface area contributed by atoms with Crippen LogP contribution in [0.4, 0.5) is 0 Å². The third-order valence-electron chi connectivity index (χ3n) is 5.89. The maximum absolute atomic E-state index is 11.8. The number of nitrogens with two attached hydrogens (primary N) is 1. The van der Waals surface area contributed by atoms with Crippen molar-refractivity contribution in [2.75, 3.05) is 19.8 Å². The molecule has 0 heterocycles. The van der Waals surface area contributed by atoms with Gasteiger partial charge in [-0.2, -0.15) is 0 Å². The lowest BCUT2D eigenvalue weighted by molar-refractivity contribution is -0.154. The summed E-state index contributed by atoms with van der Waals surface area (Å²) in [6.07, 6.45) is 3.13. The second-order valence-corrected chi connectivity index (χ2v) is 9.08. The predicted molar refractivity (Wildman–Crippen MR) is 135 cm³/mol. The van der Waals surface area contributed by atoms with Gasteiger partial charge in [0.1, 0.15) is 19.0 Å². The van der Waals surface area contributed by atoms with Gasteiger partial charge in [-0.15, -0.1) is 0 Å². The van der Waals surface area contributed by atoms with Crippen molar-refractivity contribution in [3.8, 4) is 16.9 Å². The molecule has 2 rings (SSSR count). The molecule has 0 aliphatic heterocycles. The number of primary amides is 1. The van der Waals surface area contributed by atoms with Crippen molar-refractivity contribution in [3.63, 3.8) is 0 Å². The van der Waals surface area contributed by atoms with Gasteiger partial charge < -0.3 is 19.9 Å². The number of esters is 2. The van der Waals surface area contributed by atoms with E-state index in [0.717, 1.165) is 47.5 Å². The van der Waals surface area contributed by atoms with E-state index in [1.807, 2.05) is 18.2 Å². The van der Waals surface area contributed by atoms with E-state index in [9.17, 15) is 14.4 Å². The van der Waals surface area contributed by atoms with Crippen molar-refractivity contribution in [2.24, 2.45) is 11.1 Å². The van der Waals surface area contributed by atoms with Gasteiger partial charge in [-0.1, -0.05) is 43.7 Å². The third kappa shape index (κ3) is 9.43. The summed E-state index contributed by atoms with van der Waals surface area (Å²) in [7, 11) is 0. The lowest BCUT2D eigenvalue weighted by Gasteiger charge is -2.31. The van der Waals surface area contributed by atoms with Crippen molar-refractivity contribution in [3.05, 3.63) is 53.6 Å². The topological polar surface area (TPSA) is 105 Å². The Bertz CT molecular complexity index is 981. The number of unbranched alkanes of at least 4 members (excludes halogenated alkanes) is 1. The van der Waals surface area contributed by atoms with Crippen molar-refractivity contribution < 1.29 is 28.6 Å². The number of carbonyl (C=O) groups is 3. The summed E-state index contributed by atoms with van der Waals surface area (Å²) in [5.74, 6) is -0.605. The average molecular weight is 484 g/mol. The van der Waals surface area contributed by atoms with Gasteiger partial charge in [-0.05, 0) is 60.6 Å². The third-order valence-corrected chi connectivity index (χ3v) is 5.89. The molecule has 2 N–H and O–H groups in total. The Balaban J connectivity index is 2.14. The molecule has 7 heteroatoms. The smallest absolute Gasteiger partial charge is 0.302 e. The summed E-state index contributed by atoms with van der Waals surface area (Å²) >= 11 is 0. The molecule has 1 amide bonds. The number of benzene rings is 2. The molecule has 0 saturated heterocycles. The van der Waals surface area contributed by atoms with Gasteiger partial charge in [0, 0.05) is 25.7 Å². The molecule has 35 heavy (non-hydrogen) atoms. The Morgan fingerprint density at radius 2 is 1.57 bits per heavy atom. The minimum Gasteiger partial charge on any atom is -0.494 e. The minimum atomic E-state index is -0.883. The quantitative estimate of drug-likeness (QED) is 0.307. The molecule has 0 aliphatic carbocycles. The van der Waals surface area contributed by atoms with E-state index < -0.39 is 23.3 Å². The van der Waals surface area contributed by atoms with Crippen molar-refractivity contribution in [2.45, 2.75) is 59.8 Å². The van der Waals surface area contributed by atoms with Crippen LogP contribution in [0.5, 0.6) is 5.75 Å². The highest BCUT2D eigenvalue weighted by Gasteiger charge is 2.35. The Morgan fingerprint density at radius 1 is 0.943 bits per heavy atom. The molecule has 0 aliphatic rings. The first-order chi connectivity index (χ1) is 16.6. The number of hydrogen-bond donors (Lipinski definition) is 1. The van der Waals surface area contributed by atoms with E-state index in [1.165, 1.54) is 13.8 Å². The first kappa shape index (κ1) is 27.9. The molecule has 0 fully saturated rings. The van der Waals surface area contributed by atoms with Crippen LogP contribution >= 0.6 is 0 Å². The van der Waals surface area contributed by atoms with Crippen LogP contribution < -0.4 is 10.5 Å². The molecule has 0 radical (unpaired) electrons. The van der Waals surface area contributed by atoms with E-state index in [-0.39, 0.29) is 19.6 Å². The standard InChI is InChI=1S/C28H37NO6/c1-5-6-15-33-25-11-12-26(20(2)16-25)24-9-7-23(8-10-24)13-14-28(17-27(29)32,18-34-21(3)30)19-35-22(4)31/h7-12,16H,5-6,13-15,17-19H2,1-4H3,(H2,29,32). The number of ether oxygens (including phenoxy) is 3. The van der Waals surface area contributed by atoms with Crippen LogP contribution in [0.1, 0.15) is 57.6 Å². The molecule has 0 spiro atoms. The fraction of sp³-hybridized carbons (Fsp3) is 0.464. The van der Waals surface area contributed by atoms with Crippen LogP contribution in [-0.2, 0) is 30.3 Å². The van der Waals surface area contributed by atoms with Gasteiger partial charge in [-0.3, -0.25) is 14.4 Å². The number of amides is 1. The monoisotopic (exact) mass is 483 g/mol. The molecule has 0 unspecified atom stereocenters. The lowest BCUT2D eigenvalue weighted by Crippen LogP contribution is -2.38. The summed E-state index contributed by atoms with van der Waals surface area (Å²) < 4.78 is 16.2. The van der Waals surface area contributed by atoms with Gasteiger partial charge in [0.25, 0.3) is 0 Å². The molecule has 2 aromatic carbocycles. The molecule has 0 aromatic heterocycles. The van der Waals surface area contributed by atoms with E-state index in [4.69, 9.17) is 19.9 Å². The molecule has 7 nitrogen and oxygen atoms in total. The maximum atomic E-state index is 11.8. The Labute approximate surface area is 207 Å². The van der Waals surface area contributed by atoms with Crippen molar-refractivity contribution >= 4 is 17.8 Å². The van der Waals surface area contributed by atoms with Crippen LogP contribution in [0.15, 0.2) is 42.5 Å². The Kier molecular flexibility index (Phi) is 10.8. The fourth-order valence-corrected chi connectivity index (χ4v) is 3.90. The molecule has 2 aromatic rings. The van der Waals surface area contributed by atoms with Crippen LogP contribution in [0, 0.1) is 12.3 Å². The highest BCUT2D eigenvalue weighted by molar-refractivity contribution is 5.75. The van der Waals surface area contributed by atoms with Crippen LogP contribution in [-0.4, -0.2) is 37.7 Å². The van der Waals surface area contributed by atoms with E-state index in [2.05, 4.69) is 38.1 Å². The molecule has 190 valence electrons. The normalized spacial score (nSPS) is 11.1. The lowest BCUT2D eigenvalue weighted by atomic mass is 9.80. The van der Waals surface area contributed by atoms with Gasteiger partial charge in [0.05, 0.1) is 6.61 Å². The van der Waals surface area contributed by atoms with E-state index in [1.54, 1.807) is 0 Å². The molecule has 0 saturated carbocycles. The zero-order valence-corrected chi connectivity index (χ0v) is 21.2. The van der Waals surface area contributed by atoms with Crippen molar-refractivity contribution in [1.82, 2.24) is 0 Å². The zero-order valence-electron chi connectivity index (χ0n) is 21.2. The minimum absolute atomic E-state index is 0.0531. The molecular weight excluding hydrogens is 446 g/mol. The molecular formula is C28H37NO6. The largest absolute Gasteiger partial charge is 0.494 e. The zero-order chi connectivity index (χ0) is 25.8. The highest BCUT2D eigenvalue weighted by atomic mass is 16.5. The second kappa shape index (κ2) is 13.5. The first-order valence-corrected chi connectivity index (χ1v) is 12.0.